The Bertz CT molecular complexity index is 345. The Labute approximate surface area is 105 Å². The van der Waals surface area contributed by atoms with Crippen molar-refractivity contribution in [1.29, 1.82) is 0 Å². The van der Waals surface area contributed by atoms with Crippen LogP contribution in [0.2, 0.25) is 0 Å². The van der Waals surface area contributed by atoms with Crippen LogP contribution in [0.1, 0.15) is 43.9 Å². The topological polar surface area (TPSA) is 21.3 Å². The number of ether oxygens (including phenoxy) is 1. The Morgan fingerprint density at radius 3 is 2.29 bits per heavy atom. The minimum absolute atomic E-state index is 0.439. The van der Waals surface area contributed by atoms with Crippen LogP contribution in [-0.4, -0.2) is 14.2 Å². The third kappa shape index (κ3) is 3.22. The highest BCUT2D eigenvalue weighted by Gasteiger charge is 2.19. The SMILES string of the molecule is CCC(CC)C(NC)c1ccc(OC)c(C)c1. The maximum atomic E-state index is 5.31. The van der Waals surface area contributed by atoms with Crippen LogP contribution >= 0.6 is 0 Å². The van der Waals surface area contributed by atoms with E-state index in [1.165, 1.54) is 24.0 Å². The van der Waals surface area contributed by atoms with Crippen LogP contribution in [0.15, 0.2) is 18.2 Å². The predicted octanol–water partition coefficient (Wildman–Crippen LogP) is 3.70. The maximum Gasteiger partial charge on any atom is 0.121 e. The van der Waals surface area contributed by atoms with Crippen molar-refractivity contribution in [3.05, 3.63) is 29.3 Å². The number of rotatable bonds is 6. The molecule has 2 heteroatoms. The molecule has 0 saturated carbocycles. The van der Waals surface area contributed by atoms with Crippen molar-refractivity contribution in [2.24, 2.45) is 5.92 Å². The fraction of sp³-hybridized carbons (Fsp3) is 0.600. The molecule has 0 aliphatic rings. The molecular weight excluding hydrogens is 210 g/mol. The molecule has 0 heterocycles. The van der Waals surface area contributed by atoms with Gasteiger partial charge >= 0.3 is 0 Å². The van der Waals surface area contributed by atoms with Gasteiger partial charge in [0.1, 0.15) is 5.75 Å². The largest absolute Gasteiger partial charge is 0.496 e. The normalized spacial score (nSPS) is 12.8. The van der Waals surface area contributed by atoms with Gasteiger partial charge in [-0.2, -0.15) is 0 Å². The van der Waals surface area contributed by atoms with Gasteiger partial charge in [-0.05, 0) is 37.1 Å². The molecule has 0 radical (unpaired) electrons. The summed E-state index contributed by atoms with van der Waals surface area (Å²) in [5.74, 6) is 1.65. The van der Waals surface area contributed by atoms with Gasteiger partial charge in [0.25, 0.3) is 0 Å². The van der Waals surface area contributed by atoms with Crippen molar-refractivity contribution in [1.82, 2.24) is 5.32 Å². The van der Waals surface area contributed by atoms with Crippen molar-refractivity contribution in [3.8, 4) is 5.75 Å². The van der Waals surface area contributed by atoms with Gasteiger partial charge in [-0.3, -0.25) is 0 Å². The van der Waals surface area contributed by atoms with Gasteiger partial charge in [0.2, 0.25) is 0 Å². The van der Waals surface area contributed by atoms with Gasteiger partial charge in [0, 0.05) is 6.04 Å². The Kier molecular flexibility index (Phi) is 5.49. The first kappa shape index (κ1) is 14.0. The second-order valence-corrected chi connectivity index (χ2v) is 4.57. The summed E-state index contributed by atoms with van der Waals surface area (Å²) in [6, 6.07) is 6.91. The molecule has 17 heavy (non-hydrogen) atoms. The lowest BCUT2D eigenvalue weighted by atomic mass is 9.88. The standard InChI is InChI=1S/C15H25NO/c1-6-12(7-2)15(16-4)13-8-9-14(17-5)11(3)10-13/h8-10,12,15-16H,6-7H2,1-5H3. The average Bonchev–Trinajstić information content (AvgIpc) is 2.35. The third-order valence-corrected chi connectivity index (χ3v) is 3.61. The first-order chi connectivity index (χ1) is 8.17. The van der Waals surface area contributed by atoms with E-state index in [0.717, 1.165) is 5.75 Å². The van der Waals surface area contributed by atoms with Gasteiger partial charge in [0.15, 0.2) is 0 Å². The number of aryl methyl sites for hydroxylation is 1. The van der Waals surface area contributed by atoms with Gasteiger partial charge in [-0.25, -0.2) is 0 Å². The molecule has 0 spiro atoms. The van der Waals surface area contributed by atoms with Crippen LogP contribution in [0.3, 0.4) is 0 Å². The fourth-order valence-corrected chi connectivity index (χ4v) is 2.53. The molecule has 0 aliphatic heterocycles. The molecule has 2 nitrogen and oxygen atoms in total. The summed E-state index contributed by atoms with van der Waals surface area (Å²) in [5, 5.41) is 3.44. The molecule has 1 N–H and O–H groups in total. The van der Waals surface area contributed by atoms with Crippen molar-refractivity contribution < 1.29 is 4.74 Å². The molecule has 0 amide bonds. The molecular formula is C15H25NO. The number of hydrogen-bond acceptors (Lipinski definition) is 2. The minimum atomic E-state index is 0.439. The van der Waals surface area contributed by atoms with E-state index < -0.39 is 0 Å². The van der Waals surface area contributed by atoms with E-state index in [9.17, 15) is 0 Å². The predicted molar refractivity (Wildman–Crippen MR) is 73.6 cm³/mol. The Morgan fingerprint density at radius 2 is 1.88 bits per heavy atom. The van der Waals surface area contributed by atoms with E-state index in [-0.39, 0.29) is 0 Å². The minimum Gasteiger partial charge on any atom is -0.496 e. The van der Waals surface area contributed by atoms with Crippen LogP contribution in [0, 0.1) is 12.8 Å². The first-order valence-electron chi connectivity index (χ1n) is 6.49. The lowest BCUT2D eigenvalue weighted by Crippen LogP contribution is -2.24. The zero-order chi connectivity index (χ0) is 12.8. The van der Waals surface area contributed by atoms with E-state index in [4.69, 9.17) is 4.74 Å². The van der Waals surface area contributed by atoms with Crippen molar-refractivity contribution >= 4 is 0 Å². The molecule has 1 aromatic carbocycles. The second kappa shape index (κ2) is 6.65. The molecule has 1 rings (SSSR count). The number of benzene rings is 1. The summed E-state index contributed by atoms with van der Waals surface area (Å²) in [5.41, 5.74) is 2.57. The summed E-state index contributed by atoms with van der Waals surface area (Å²) in [6.45, 7) is 6.62. The van der Waals surface area contributed by atoms with Crippen molar-refractivity contribution in [2.45, 2.75) is 39.7 Å². The van der Waals surface area contributed by atoms with Gasteiger partial charge in [-0.15, -0.1) is 0 Å². The number of methoxy groups -OCH3 is 1. The van der Waals surface area contributed by atoms with Crippen LogP contribution in [0.4, 0.5) is 0 Å². The highest BCUT2D eigenvalue weighted by Crippen LogP contribution is 2.29. The van der Waals surface area contributed by atoms with Gasteiger partial charge in [0.05, 0.1) is 7.11 Å². The van der Waals surface area contributed by atoms with Gasteiger partial charge in [-0.1, -0.05) is 38.8 Å². The number of hydrogen-bond donors (Lipinski definition) is 1. The zero-order valence-corrected chi connectivity index (χ0v) is 11.7. The maximum absolute atomic E-state index is 5.31. The van der Waals surface area contributed by atoms with Crippen LogP contribution in [0.5, 0.6) is 5.75 Å². The summed E-state index contributed by atoms with van der Waals surface area (Å²) in [4.78, 5) is 0. The van der Waals surface area contributed by atoms with Crippen LogP contribution in [-0.2, 0) is 0 Å². The highest BCUT2D eigenvalue weighted by molar-refractivity contribution is 5.37. The molecule has 1 unspecified atom stereocenters. The molecule has 0 saturated heterocycles. The molecule has 0 fully saturated rings. The Balaban J connectivity index is 3.00. The summed E-state index contributed by atoms with van der Waals surface area (Å²) in [7, 11) is 3.76. The first-order valence-corrected chi connectivity index (χ1v) is 6.49. The molecule has 0 aromatic heterocycles. The third-order valence-electron chi connectivity index (χ3n) is 3.61. The van der Waals surface area contributed by atoms with E-state index in [1.807, 2.05) is 7.05 Å². The lowest BCUT2D eigenvalue weighted by Gasteiger charge is -2.26. The number of nitrogens with one attached hydrogen (secondary N) is 1. The smallest absolute Gasteiger partial charge is 0.121 e. The lowest BCUT2D eigenvalue weighted by molar-refractivity contribution is 0.358. The second-order valence-electron chi connectivity index (χ2n) is 4.57. The van der Waals surface area contributed by atoms with Crippen LogP contribution < -0.4 is 10.1 Å². The summed E-state index contributed by atoms with van der Waals surface area (Å²) in [6.07, 6.45) is 2.40. The molecule has 1 aromatic rings. The Hall–Kier alpha value is -1.02. The van der Waals surface area contributed by atoms with Crippen molar-refractivity contribution in [3.63, 3.8) is 0 Å². The zero-order valence-electron chi connectivity index (χ0n) is 11.7. The van der Waals surface area contributed by atoms with Gasteiger partial charge < -0.3 is 10.1 Å². The average molecular weight is 235 g/mol. The van der Waals surface area contributed by atoms with E-state index in [1.54, 1.807) is 7.11 Å². The summed E-state index contributed by atoms with van der Waals surface area (Å²) >= 11 is 0. The van der Waals surface area contributed by atoms with E-state index in [2.05, 4.69) is 44.3 Å². The van der Waals surface area contributed by atoms with E-state index >= 15 is 0 Å². The van der Waals surface area contributed by atoms with Crippen molar-refractivity contribution in [2.75, 3.05) is 14.2 Å². The molecule has 96 valence electrons. The molecule has 0 bridgehead atoms. The Morgan fingerprint density at radius 1 is 1.24 bits per heavy atom. The van der Waals surface area contributed by atoms with Crippen LogP contribution in [0.25, 0.3) is 0 Å². The highest BCUT2D eigenvalue weighted by atomic mass is 16.5. The quantitative estimate of drug-likeness (QED) is 0.811. The monoisotopic (exact) mass is 235 g/mol. The molecule has 0 aliphatic carbocycles. The fourth-order valence-electron chi connectivity index (χ4n) is 2.53. The summed E-state index contributed by atoms with van der Waals surface area (Å²) < 4.78 is 5.31. The molecule has 1 atom stereocenters. The van der Waals surface area contributed by atoms with E-state index in [0.29, 0.717) is 12.0 Å².